The van der Waals surface area contributed by atoms with Crippen molar-refractivity contribution in [2.45, 2.75) is 6.18 Å². The van der Waals surface area contributed by atoms with Gasteiger partial charge in [-0.25, -0.2) is 5.43 Å². The number of nitrogens with zero attached hydrogens (tertiary/aromatic N) is 1. The molecule has 0 aliphatic heterocycles. The molecule has 2 amide bonds. The van der Waals surface area contributed by atoms with E-state index in [1.807, 2.05) is 0 Å². The Morgan fingerprint density at radius 2 is 1.69 bits per heavy atom. The number of methoxy groups -OCH3 is 3. The number of amides is 2. The first kappa shape index (κ1) is 26.1. The highest BCUT2D eigenvalue weighted by atomic mass is 19.4. The summed E-state index contributed by atoms with van der Waals surface area (Å²) >= 11 is 0. The van der Waals surface area contributed by atoms with Gasteiger partial charge < -0.3 is 23.9 Å². The van der Waals surface area contributed by atoms with Crippen LogP contribution in [-0.4, -0.2) is 45.9 Å². The SMILES string of the molecule is COc1cc(C(=O)NCC(=O)N/N=C\c2ccc(-c3cccc(C(F)(F)F)c3)o2)cc(OC)c1OC. The highest BCUT2D eigenvalue weighted by molar-refractivity contribution is 5.97. The van der Waals surface area contributed by atoms with Crippen molar-refractivity contribution in [2.75, 3.05) is 27.9 Å². The number of rotatable bonds is 9. The van der Waals surface area contributed by atoms with Crippen LogP contribution in [0.3, 0.4) is 0 Å². The van der Waals surface area contributed by atoms with Crippen LogP contribution in [0, 0.1) is 0 Å². The average Bonchev–Trinajstić information content (AvgIpc) is 3.34. The summed E-state index contributed by atoms with van der Waals surface area (Å²) in [4.78, 5) is 24.5. The number of halogens is 3. The van der Waals surface area contributed by atoms with Gasteiger partial charge in [0.1, 0.15) is 11.5 Å². The third kappa shape index (κ3) is 6.34. The summed E-state index contributed by atoms with van der Waals surface area (Å²) < 4.78 is 59.8. The molecule has 0 atom stereocenters. The monoisotopic (exact) mass is 505 g/mol. The number of ether oxygens (including phenoxy) is 3. The van der Waals surface area contributed by atoms with Crippen LogP contribution in [0.15, 0.2) is 58.0 Å². The minimum Gasteiger partial charge on any atom is -0.493 e. The van der Waals surface area contributed by atoms with Crippen LogP contribution in [-0.2, 0) is 11.0 Å². The van der Waals surface area contributed by atoms with Gasteiger partial charge in [-0.3, -0.25) is 9.59 Å². The molecule has 9 nitrogen and oxygen atoms in total. The van der Waals surface area contributed by atoms with Crippen LogP contribution in [0.4, 0.5) is 13.2 Å². The van der Waals surface area contributed by atoms with Crippen LogP contribution >= 0.6 is 0 Å². The van der Waals surface area contributed by atoms with Crippen LogP contribution in [0.2, 0.25) is 0 Å². The van der Waals surface area contributed by atoms with Crippen molar-refractivity contribution in [1.29, 1.82) is 0 Å². The zero-order valence-corrected chi connectivity index (χ0v) is 19.4. The minimum atomic E-state index is -4.47. The van der Waals surface area contributed by atoms with Gasteiger partial charge in [-0.05, 0) is 36.4 Å². The molecule has 0 unspecified atom stereocenters. The summed E-state index contributed by atoms with van der Waals surface area (Å²) in [5.74, 6) is 0.0771. The van der Waals surface area contributed by atoms with Gasteiger partial charge in [-0.2, -0.15) is 18.3 Å². The van der Waals surface area contributed by atoms with Crippen molar-refractivity contribution in [3.8, 4) is 28.6 Å². The van der Waals surface area contributed by atoms with Crippen molar-refractivity contribution in [2.24, 2.45) is 5.10 Å². The second-order valence-corrected chi connectivity index (χ2v) is 7.17. The third-order valence-electron chi connectivity index (χ3n) is 4.82. The molecular weight excluding hydrogens is 483 g/mol. The quantitative estimate of drug-likeness (QED) is 0.337. The van der Waals surface area contributed by atoms with Gasteiger partial charge in [0.2, 0.25) is 5.75 Å². The van der Waals surface area contributed by atoms with E-state index in [2.05, 4.69) is 15.8 Å². The molecule has 1 heterocycles. The van der Waals surface area contributed by atoms with Gasteiger partial charge >= 0.3 is 6.18 Å². The van der Waals surface area contributed by atoms with Crippen molar-refractivity contribution < 1.29 is 41.4 Å². The zero-order valence-electron chi connectivity index (χ0n) is 19.4. The Balaban J connectivity index is 1.56. The van der Waals surface area contributed by atoms with E-state index in [9.17, 15) is 22.8 Å². The molecule has 2 N–H and O–H groups in total. The summed E-state index contributed by atoms with van der Waals surface area (Å²) in [5, 5.41) is 6.17. The first-order chi connectivity index (χ1) is 17.2. The van der Waals surface area contributed by atoms with E-state index in [-0.39, 0.29) is 40.7 Å². The lowest BCUT2D eigenvalue weighted by molar-refractivity contribution is -0.137. The first-order valence-corrected chi connectivity index (χ1v) is 10.3. The minimum absolute atomic E-state index is 0.179. The standard InChI is InChI=1S/C24H22F3N3O6/c1-33-19-10-15(11-20(34-2)22(19)35-3)23(32)28-13-21(31)30-29-12-17-7-8-18(36-17)14-5-4-6-16(9-14)24(25,26)27/h4-12H,13H2,1-3H3,(H,28,32)(H,30,31)/b29-12-. The Hall–Kier alpha value is -4.48. The van der Waals surface area contributed by atoms with Gasteiger partial charge in [0.15, 0.2) is 11.5 Å². The largest absolute Gasteiger partial charge is 0.493 e. The number of carbonyl (C=O) groups excluding carboxylic acids is 2. The Labute approximate surface area is 203 Å². The fraction of sp³-hybridized carbons (Fsp3) is 0.208. The van der Waals surface area contributed by atoms with Crippen LogP contribution in [0.25, 0.3) is 11.3 Å². The molecule has 0 saturated carbocycles. The molecule has 0 radical (unpaired) electrons. The van der Waals surface area contributed by atoms with E-state index in [1.54, 1.807) is 0 Å². The molecule has 12 heteroatoms. The number of hydrazone groups is 1. The molecule has 0 bridgehead atoms. The summed E-state index contributed by atoms with van der Waals surface area (Å²) in [6.45, 7) is -0.388. The molecular formula is C24H22F3N3O6. The maximum atomic E-state index is 12.9. The lowest BCUT2D eigenvalue weighted by Crippen LogP contribution is -2.34. The van der Waals surface area contributed by atoms with Crippen LogP contribution < -0.4 is 25.0 Å². The lowest BCUT2D eigenvalue weighted by atomic mass is 10.1. The summed E-state index contributed by atoms with van der Waals surface area (Å²) in [6, 6.07) is 10.5. The van der Waals surface area contributed by atoms with E-state index in [0.717, 1.165) is 12.1 Å². The summed E-state index contributed by atoms with van der Waals surface area (Å²) in [6.07, 6.45) is -3.30. The number of hydrogen-bond donors (Lipinski definition) is 2. The molecule has 190 valence electrons. The number of nitrogens with one attached hydrogen (secondary N) is 2. The van der Waals surface area contributed by atoms with Crippen LogP contribution in [0.1, 0.15) is 21.7 Å². The summed E-state index contributed by atoms with van der Waals surface area (Å²) in [5.41, 5.74) is 1.84. The average molecular weight is 505 g/mol. The van der Waals surface area contributed by atoms with E-state index < -0.39 is 23.6 Å². The maximum Gasteiger partial charge on any atom is 0.416 e. The molecule has 0 fully saturated rings. The predicted molar refractivity (Wildman–Crippen MR) is 123 cm³/mol. The Kier molecular flexibility index (Phi) is 8.20. The topological polar surface area (TPSA) is 111 Å². The Bertz CT molecular complexity index is 1240. The normalized spacial score (nSPS) is 11.3. The van der Waals surface area contributed by atoms with E-state index in [0.29, 0.717) is 5.75 Å². The maximum absolute atomic E-state index is 12.9. The fourth-order valence-corrected chi connectivity index (χ4v) is 3.11. The second kappa shape index (κ2) is 11.3. The van der Waals surface area contributed by atoms with Crippen molar-refractivity contribution >= 4 is 18.0 Å². The molecule has 0 saturated heterocycles. The second-order valence-electron chi connectivity index (χ2n) is 7.17. The van der Waals surface area contributed by atoms with Gasteiger partial charge in [0.05, 0.1) is 39.7 Å². The van der Waals surface area contributed by atoms with Crippen LogP contribution in [0.5, 0.6) is 17.2 Å². The lowest BCUT2D eigenvalue weighted by Gasteiger charge is -2.14. The van der Waals surface area contributed by atoms with Gasteiger partial charge in [0.25, 0.3) is 11.8 Å². The number of furan rings is 1. The van der Waals surface area contributed by atoms with Gasteiger partial charge in [-0.1, -0.05) is 12.1 Å². The number of carbonyl (C=O) groups is 2. The highest BCUT2D eigenvalue weighted by Crippen LogP contribution is 2.38. The molecule has 1 aromatic heterocycles. The zero-order chi connectivity index (χ0) is 26.3. The molecule has 0 aliphatic carbocycles. The van der Waals surface area contributed by atoms with Crippen molar-refractivity contribution in [1.82, 2.24) is 10.7 Å². The van der Waals surface area contributed by atoms with Gasteiger partial charge in [0, 0.05) is 11.1 Å². The van der Waals surface area contributed by atoms with Crippen molar-refractivity contribution in [3.63, 3.8) is 0 Å². The number of benzene rings is 2. The highest BCUT2D eigenvalue weighted by Gasteiger charge is 2.30. The Morgan fingerprint density at radius 1 is 1.00 bits per heavy atom. The Morgan fingerprint density at radius 3 is 2.31 bits per heavy atom. The molecule has 3 aromatic rings. The summed E-state index contributed by atoms with van der Waals surface area (Å²) in [7, 11) is 4.25. The number of hydrogen-bond acceptors (Lipinski definition) is 7. The number of alkyl halides is 3. The molecule has 36 heavy (non-hydrogen) atoms. The van der Waals surface area contributed by atoms with Gasteiger partial charge in [-0.15, -0.1) is 0 Å². The first-order valence-electron chi connectivity index (χ1n) is 10.3. The van der Waals surface area contributed by atoms with E-state index in [1.165, 1.54) is 63.9 Å². The molecule has 3 rings (SSSR count). The molecule has 0 aliphatic rings. The molecule has 2 aromatic carbocycles. The smallest absolute Gasteiger partial charge is 0.416 e. The van der Waals surface area contributed by atoms with E-state index >= 15 is 0 Å². The van der Waals surface area contributed by atoms with E-state index in [4.69, 9.17) is 18.6 Å². The third-order valence-corrected chi connectivity index (χ3v) is 4.82. The fourth-order valence-electron chi connectivity index (χ4n) is 3.11. The molecule has 0 spiro atoms. The predicted octanol–water partition coefficient (Wildman–Crippen LogP) is 3.87. The van der Waals surface area contributed by atoms with Crippen molar-refractivity contribution in [3.05, 3.63) is 65.4 Å².